The molecule has 0 spiro atoms. The standard InChI is InChI=1S/C11H15N3O4/c1-5(2)8(11(17)18)14-10(16)7-4-12-6(3)13-9(7)15/h4-5,8H,1-3H3,(H,14,16)(H,17,18)(H,12,13,15)/t8-/m0/s1. The van der Waals surface area contributed by atoms with Crippen molar-refractivity contribution in [1.82, 2.24) is 15.3 Å². The number of aromatic nitrogens is 2. The van der Waals surface area contributed by atoms with Gasteiger partial charge in [-0.15, -0.1) is 0 Å². The van der Waals surface area contributed by atoms with E-state index < -0.39 is 23.5 Å². The molecule has 1 heterocycles. The summed E-state index contributed by atoms with van der Waals surface area (Å²) in [5.74, 6) is -1.79. The van der Waals surface area contributed by atoms with E-state index in [1.807, 2.05) is 0 Å². The number of aryl methyl sites for hydroxylation is 1. The van der Waals surface area contributed by atoms with Crippen LogP contribution in [-0.2, 0) is 4.79 Å². The molecule has 0 fully saturated rings. The van der Waals surface area contributed by atoms with Crippen molar-refractivity contribution < 1.29 is 14.7 Å². The first kappa shape index (κ1) is 13.9. The van der Waals surface area contributed by atoms with Gasteiger partial charge in [-0.3, -0.25) is 9.59 Å². The maximum atomic E-state index is 11.8. The summed E-state index contributed by atoms with van der Waals surface area (Å²) in [5.41, 5.74) is -0.791. The summed E-state index contributed by atoms with van der Waals surface area (Å²) >= 11 is 0. The van der Waals surface area contributed by atoms with Gasteiger partial charge in [-0.1, -0.05) is 13.8 Å². The second-order valence-electron chi connectivity index (χ2n) is 4.24. The predicted molar refractivity (Wildman–Crippen MR) is 63.3 cm³/mol. The van der Waals surface area contributed by atoms with E-state index in [0.717, 1.165) is 6.20 Å². The number of nitrogens with one attached hydrogen (secondary N) is 2. The highest BCUT2D eigenvalue weighted by molar-refractivity contribution is 5.96. The lowest BCUT2D eigenvalue weighted by Gasteiger charge is -2.17. The molecule has 0 aliphatic carbocycles. The smallest absolute Gasteiger partial charge is 0.326 e. The molecular weight excluding hydrogens is 238 g/mol. The van der Waals surface area contributed by atoms with Crippen LogP contribution < -0.4 is 10.9 Å². The van der Waals surface area contributed by atoms with Crippen LogP contribution in [0.15, 0.2) is 11.0 Å². The first-order chi connectivity index (χ1) is 8.32. The van der Waals surface area contributed by atoms with E-state index in [1.165, 1.54) is 0 Å². The van der Waals surface area contributed by atoms with Gasteiger partial charge in [-0.05, 0) is 12.8 Å². The number of aliphatic carboxylic acids is 1. The highest BCUT2D eigenvalue weighted by Crippen LogP contribution is 2.02. The van der Waals surface area contributed by atoms with Crippen LogP contribution in [0.1, 0.15) is 30.0 Å². The van der Waals surface area contributed by atoms with Crippen molar-refractivity contribution in [3.63, 3.8) is 0 Å². The third-order valence-electron chi connectivity index (χ3n) is 2.39. The van der Waals surface area contributed by atoms with Crippen LogP contribution in [0.4, 0.5) is 0 Å². The minimum Gasteiger partial charge on any atom is -0.480 e. The first-order valence-corrected chi connectivity index (χ1v) is 5.42. The Labute approximate surface area is 103 Å². The maximum Gasteiger partial charge on any atom is 0.326 e. The molecule has 1 amide bonds. The van der Waals surface area contributed by atoms with Crippen molar-refractivity contribution >= 4 is 11.9 Å². The van der Waals surface area contributed by atoms with Gasteiger partial charge in [-0.2, -0.15) is 0 Å². The number of amides is 1. The van der Waals surface area contributed by atoms with Crippen molar-refractivity contribution in [2.24, 2.45) is 5.92 Å². The molecule has 0 aliphatic rings. The fraction of sp³-hybridized carbons (Fsp3) is 0.455. The second-order valence-corrected chi connectivity index (χ2v) is 4.24. The largest absolute Gasteiger partial charge is 0.480 e. The molecule has 7 nitrogen and oxygen atoms in total. The zero-order valence-electron chi connectivity index (χ0n) is 10.4. The van der Waals surface area contributed by atoms with Gasteiger partial charge in [0.1, 0.15) is 17.4 Å². The van der Waals surface area contributed by atoms with Crippen LogP contribution in [0, 0.1) is 12.8 Å². The van der Waals surface area contributed by atoms with E-state index >= 15 is 0 Å². The third kappa shape index (κ3) is 3.16. The molecular formula is C11H15N3O4. The lowest BCUT2D eigenvalue weighted by molar-refractivity contribution is -0.140. The van der Waals surface area contributed by atoms with Gasteiger partial charge in [0.15, 0.2) is 0 Å². The summed E-state index contributed by atoms with van der Waals surface area (Å²) in [7, 11) is 0. The second kappa shape index (κ2) is 5.44. The van der Waals surface area contributed by atoms with Gasteiger partial charge in [0.05, 0.1) is 0 Å². The summed E-state index contributed by atoms with van der Waals surface area (Å²) < 4.78 is 0. The van der Waals surface area contributed by atoms with Crippen molar-refractivity contribution in [2.45, 2.75) is 26.8 Å². The van der Waals surface area contributed by atoms with Crippen LogP contribution in [0.5, 0.6) is 0 Å². The molecule has 0 radical (unpaired) electrons. The van der Waals surface area contributed by atoms with Crippen LogP contribution in [0.2, 0.25) is 0 Å². The highest BCUT2D eigenvalue weighted by Gasteiger charge is 2.25. The number of hydrogen-bond donors (Lipinski definition) is 3. The van der Waals surface area contributed by atoms with Crippen LogP contribution >= 0.6 is 0 Å². The number of rotatable bonds is 4. The highest BCUT2D eigenvalue weighted by atomic mass is 16.4. The average molecular weight is 253 g/mol. The van der Waals surface area contributed by atoms with E-state index in [-0.39, 0.29) is 11.5 Å². The summed E-state index contributed by atoms with van der Waals surface area (Å²) in [6, 6.07) is -1.04. The van der Waals surface area contributed by atoms with Crippen LogP contribution in [0.25, 0.3) is 0 Å². The monoisotopic (exact) mass is 253 g/mol. The molecule has 1 rings (SSSR count). The van der Waals surface area contributed by atoms with Crippen molar-refractivity contribution in [1.29, 1.82) is 0 Å². The molecule has 0 saturated heterocycles. The molecule has 0 bridgehead atoms. The number of aromatic amines is 1. The summed E-state index contributed by atoms with van der Waals surface area (Å²) in [4.78, 5) is 40.4. The Hall–Kier alpha value is -2.18. The van der Waals surface area contributed by atoms with Crippen LogP contribution in [0.3, 0.4) is 0 Å². The Bertz CT molecular complexity index is 521. The number of carbonyl (C=O) groups excluding carboxylic acids is 1. The van der Waals surface area contributed by atoms with Crippen LogP contribution in [-0.4, -0.2) is 33.0 Å². The van der Waals surface area contributed by atoms with E-state index in [0.29, 0.717) is 5.82 Å². The molecule has 0 unspecified atom stereocenters. The fourth-order valence-electron chi connectivity index (χ4n) is 1.38. The van der Waals surface area contributed by atoms with Gasteiger partial charge in [0.25, 0.3) is 11.5 Å². The van der Waals surface area contributed by atoms with Crippen molar-refractivity contribution in [3.8, 4) is 0 Å². The Morgan fingerprint density at radius 2 is 2.06 bits per heavy atom. The average Bonchev–Trinajstić information content (AvgIpc) is 2.24. The van der Waals surface area contributed by atoms with Crippen molar-refractivity contribution in [2.75, 3.05) is 0 Å². The zero-order chi connectivity index (χ0) is 13.9. The van der Waals surface area contributed by atoms with Gasteiger partial charge in [-0.25, -0.2) is 9.78 Å². The number of H-pyrrole nitrogens is 1. The normalized spacial score (nSPS) is 12.2. The van der Waals surface area contributed by atoms with Crippen molar-refractivity contribution in [3.05, 3.63) is 27.9 Å². The summed E-state index contributed by atoms with van der Waals surface area (Å²) in [6.45, 7) is 4.91. The molecule has 18 heavy (non-hydrogen) atoms. The number of nitrogens with zero attached hydrogens (tertiary/aromatic N) is 1. The minimum atomic E-state index is -1.14. The molecule has 98 valence electrons. The quantitative estimate of drug-likeness (QED) is 0.694. The lowest BCUT2D eigenvalue weighted by atomic mass is 10.0. The zero-order valence-corrected chi connectivity index (χ0v) is 10.4. The lowest BCUT2D eigenvalue weighted by Crippen LogP contribution is -2.45. The number of carboxylic acids is 1. The number of carboxylic acid groups (broad SMARTS) is 1. The van der Waals surface area contributed by atoms with E-state index in [2.05, 4.69) is 15.3 Å². The number of hydrogen-bond acceptors (Lipinski definition) is 4. The topological polar surface area (TPSA) is 112 Å². The third-order valence-corrected chi connectivity index (χ3v) is 2.39. The predicted octanol–water partition coefficient (Wildman–Crippen LogP) is -0.0827. The van der Waals surface area contributed by atoms with E-state index in [4.69, 9.17) is 5.11 Å². The van der Waals surface area contributed by atoms with Gasteiger partial charge < -0.3 is 15.4 Å². The Morgan fingerprint density at radius 3 is 2.50 bits per heavy atom. The summed E-state index contributed by atoms with van der Waals surface area (Å²) in [6.07, 6.45) is 1.13. The molecule has 0 aliphatic heterocycles. The molecule has 7 heteroatoms. The maximum absolute atomic E-state index is 11.8. The Morgan fingerprint density at radius 1 is 1.44 bits per heavy atom. The molecule has 0 aromatic carbocycles. The van der Waals surface area contributed by atoms with E-state index in [9.17, 15) is 14.4 Å². The molecule has 1 aromatic rings. The van der Waals surface area contributed by atoms with Gasteiger partial charge in [0.2, 0.25) is 0 Å². The first-order valence-electron chi connectivity index (χ1n) is 5.42. The minimum absolute atomic E-state index is 0.201. The Balaban J connectivity index is 2.94. The van der Waals surface area contributed by atoms with E-state index in [1.54, 1.807) is 20.8 Å². The number of carbonyl (C=O) groups is 2. The Kier molecular flexibility index (Phi) is 4.19. The van der Waals surface area contributed by atoms with Gasteiger partial charge in [0, 0.05) is 6.20 Å². The summed E-state index contributed by atoms with van der Waals surface area (Å²) in [5, 5.41) is 11.2. The van der Waals surface area contributed by atoms with Gasteiger partial charge >= 0.3 is 5.97 Å². The molecule has 1 aromatic heterocycles. The molecule has 3 N–H and O–H groups in total. The molecule has 0 saturated carbocycles. The SMILES string of the molecule is Cc1ncc(C(=O)N[C@H](C(=O)O)C(C)C)c(=O)[nH]1. The molecule has 1 atom stereocenters. The fourth-order valence-corrected chi connectivity index (χ4v) is 1.38.